The molecule has 0 fully saturated rings. The molecule has 4 aromatic carbocycles. The minimum atomic E-state index is 0.0902. The fourth-order valence-corrected chi connectivity index (χ4v) is 3.78. The number of ether oxygens (including phenoxy) is 2. The molecule has 4 aromatic rings. The maximum absolute atomic E-state index is 5.94. The second kappa shape index (κ2) is 10.3. The lowest BCUT2D eigenvalue weighted by molar-refractivity contribution is 0.229. The van der Waals surface area contributed by atoms with Crippen molar-refractivity contribution in [1.29, 1.82) is 0 Å². The summed E-state index contributed by atoms with van der Waals surface area (Å²) in [7, 11) is 0. The number of anilines is 2. The first-order chi connectivity index (χ1) is 16.0. The molecule has 3 nitrogen and oxygen atoms in total. The lowest BCUT2D eigenvalue weighted by Crippen LogP contribution is -2.08. The number of hydrogen-bond acceptors (Lipinski definition) is 3. The molecule has 0 saturated heterocycles. The molecule has 168 valence electrons. The van der Waals surface area contributed by atoms with Crippen LogP contribution in [0.3, 0.4) is 0 Å². The van der Waals surface area contributed by atoms with Crippen LogP contribution in [0.2, 0.25) is 0 Å². The highest BCUT2D eigenvalue weighted by Gasteiger charge is 2.08. The van der Waals surface area contributed by atoms with Crippen LogP contribution in [0.25, 0.3) is 22.3 Å². The van der Waals surface area contributed by atoms with Crippen molar-refractivity contribution in [1.82, 2.24) is 0 Å². The normalized spacial score (nSPS) is 11.0. The van der Waals surface area contributed by atoms with Crippen LogP contribution in [0, 0.1) is 0 Å². The van der Waals surface area contributed by atoms with E-state index in [4.69, 9.17) is 9.47 Å². The molecule has 0 aliphatic rings. The predicted molar refractivity (Wildman–Crippen MR) is 139 cm³/mol. The molecule has 0 aliphatic carbocycles. The maximum Gasteiger partial charge on any atom is 0.125 e. The molecule has 0 spiro atoms. The average molecular weight is 438 g/mol. The van der Waals surface area contributed by atoms with Gasteiger partial charge in [0.1, 0.15) is 11.5 Å². The molecule has 0 saturated carbocycles. The Bertz CT molecular complexity index is 1170. The van der Waals surface area contributed by atoms with E-state index in [1.54, 1.807) is 0 Å². The molecule has 0 bridgehead atoms. The Hall–Kier alpha value is -3.72. The largest absolute Gasteiger partial charge is 0.491 e. The lowest BCUT2D eigenvalue weighted by Gasteiger charge is -2.17. The minimum Gasteiger partial charge on any atom is -0.491 e. The number of hydrogen-bond donors (Lipinski definition) is 1. The summed E-state index contributed by atoms with van der Waals surface area (Å²) in [6.07, 6.45) is 0.180. The second-order valence-electron chi connectivity index (χ2n) is 8.68. The summed E-state index contributed by atoms with van der Waals surface area (Å²) in [5.74, 6) is 1.58. The van der Waals surface area contributed by atoms with Gasteiger partial charge in [-0.1, -0.05) is 60.7 Å². The van der Waals surface area contributed by atoms with Crippen molar-refractivity contribution < 1.29 is 9.47 Å². The lowest BCUT2D eigenvalue weighted by atomic mass is 9.99. The van der Waals surface area contributed by atoms with Gasteiger partial charge in [-0.2, -0.15) is 0 Å². The minimum absolute atomic E-state index is 0.0902. The third-order valence-corrected chi connectivity index (χ3v) is 5.08. The van der Waals surface area contributed by atoms with Crippen LogP contribution in [-0.4, -0.2) is 12.2 Å². The fourth-order valence-electron chi connectivity index (χ4n) is 3.78. The van der Waals surface area contributed by atoms with Gasteiger partial charge < -0.3 is 14.8 Å². The molecule has 0 heterocycles. The van der Waals surface area contributed by atoms with Gasteiger partial charge in [0.2, 0.25) is 0 Å². The highest BCUT2D eigenvalue weighted by molar-refractivity contribution is 5.76. The average Bonchev–Trinajstić information content (AvgIpc) is 2.79. The Kier molecular flexibility index (Phi) is 6.99. The molecule has 3 heteroatoms. The van der Waals surface area contributed by atoms with Crippen molar-refractivity contribution in [3.63, 3.8) is 0 Å². The summed E-state index contributed by atoms with van der Waals surface area (Å²) < 4.78 is 11.9. The van der Waals surface area contributed by atoms with Gasteiger partial charge in [0.25, 0.3) is 0 Å². The van der Waals surface area contributed by atoms with Crippen LogP contribution in [0.1, 0.15) is 27.7 Å². The molecule has 0 aliphatic heterocycles. The number of rotatable bonds is 8. The Morgan fingerprint density at radius 3 is 1.61 bits per heavy atom. The van der Waals surface area contributed by atoms with Crippen molar-refractivity contribution in [2.45, 2.75) is 39.9 Å². The van der Waals surface area contributed by atoms with E-state index in [-0.39, 0.29) is 12.2 Å². The van der Waals surface area contributed by atoms with Crippen LogP contribution < -0.4 is 14.8 Å². The summed E-state index contributed by atoms with van der Waals surface area (Å²) >= 11 is 0. The van der Waals surface area contributed by atoms with E-state index >= 15 is 0 Å². The molecule has 1 N–H and O–H groups in total. The predicted octanol–water partition coefficient (Wildman–Crippen LogP) is 8.34. The molecule has 0 atom stereocenters. The van der Waals surface area contributed by atoms with Gasteiger partial charge in [0.05, 0.1) is 12.2 Å². The fraction of sp³-hybridized carbons (Fsp3) is 0.200. The van der Waals surface area contributed by atoms with E-state index < -0.39 is 0 Å². The molecule has 0 unspecified atom stereocenters. The van der Waals surface area contributed by atoms with Gasteiger partial charge >= 0.3 is 0 Å². The summed E-state index contributed by atoms with van der Waals surface area (Å²) in [5, 5.41) is 3.53. The molecule has 33 heavy (non-hydrogen) atoms. The molecule has 0 amide bonds. The number of nitrogens with one attached hydrogen (secondary N) is 1. The third kappa shape index (κ3) is 6.17. The van der Waals surface area contributed by atoms with Crippen molar-refractivity contribution in [2.75, 3.05) is 5.32 Å². The maximum atomic E-state index is 5.94. The summed E-state index contributed by atoms with van der Waals surface area (Å²) in [6.45, 7) is 8.10. The Morgan fingerprint density at radius 1 is 0.485 bits per heavy atom. The van der Waals surface area contributed by atoms with Crippen molar-refractivity contribution in [3.05, 3.63) is 97.1 Å². The van der Waals surface area contributed by atoms with Gasteiger partial charge in [-0.15, -0.1) is 0 Å². The van der Waals surface area contributed by atoms with Crippen LogP contribution >= 0.6 is 0 Å². The first kappa shape index (κ1) is 22.5. The highest BCUT2D eigenvalue weighted by Crippen LogP contribution is 2.32. The molecule has 0 radical (unpaired) electrons. The quantitative estimate of drug-likeness (QED) is 0.300. The first-order valence-electron chi connectivity index (χ1n) is 11.5. The van der Waals surface area contributed by atoms with E-state index in [0.717, 1.165) is 28.4 Å². The van der Waals surface area contributed by atoms with Crippen molar-refractivity contribution >= 4 is 11.4 Å². The van der Waals surface area contributed by atoms with E-state index in [9.17, 15) is 0 Å². The summed E-state index contributed by atoms with van der Waals surface area (Å²) in [4.78, 5) is 0. The van der Waals surface area contributed by atoms with Crippen LogP contribution in [0.4, 0.5) is 11.4 Å². The highest BCUT2D eigenvalue weighted by atomic mass is 16.5. The monoisotopic (exact) mass is 437 g/mol. The van der Waals surface area contributed by atoms with Crippen LogP contribution in [0.5, 0.6) is 11.5 Å². The summed E-state index contributed by atoms with van der Waals surface area (Å²) in [6, 6.07) is 33.5. The van der Waals surface area contributed by atoms with Gasteiger partial charge in [-0.25, -0.2) is 0 Å². The molecular weight excluding hydrogens is 406 g/mol. The van der Waals surface area contributed by atoms with E-state index in [0.29, 0.717) is 0 Å². The Morgan fingerprint density at radius 2 is 1.00 bits per heavy atom. The zero-order valence-corrected chi connectivity index (χ0v) is 19.7. The summed E-state index contributed by atoms with van der Waals surface area (Å²) in [5.41, 5.74) is 6.70. The van der Waals surface area contributed by atoms with Gasteiger partial charge in [0.15, 0.2) is 0 Å². The topological polar surface area (TPSA) is 30.5 Å². The number of benzene rings is 4. The first-order valence-corrected chi connectivity index (χ1v) is 11.5. The zero-order chi connectivity index (χ0) is 23.2. The SMILES string of the molecule is CC(C)Oc1cc(Nc2cccc(-c3cccc(-c4ccccc4)c3)c2)cc(OC(C)C)c1. The Labute approximate surface area is 197 Å². The van der Waals surface area contributed by atoms with Gasteiger partial charge in [-0.05, 0) is 68.1 Å². The van der Waals surface area contributed by atoms with Gasteiger partial charge in [-0.3, -0.25) is 0 Å². The van der Waals surface area contributed by atoms with Crippen molar-refractivity contribution in [2.24, 2.45) is 0 Å². The molecule has 4 rings (SSSR count). The van der Waals surface area contributed by atoms with Crippen molar-refractivity contribution in [3.8, 4) is 33.8 Å². The third-order valence-electron chi connectivity index (χ3n) is 5.08. The standard InChI is InChI=1S/C30H31NO2/c1-21(2)32-29-18-28(19-30(20-29)33-22(3)4)31-27-15-9-14-26(17-27)25-13-8-12-24(16-25)23-10-6-5-7-11-23/h5-22,31H,1-4H3. The second-order valence-corrected chi connectivity index (χ2v) is 8.68. The molecule has 0 aromatic heterocycles. The zero-order valence-electron chi connectivity index (χ0n) is 19.7. The van der Waals surface area contributed by atoms with Gasteiger partial charge in [0, 0.05) is 29.6 Å². The van der Waals surface area contributed by atoms with E-state index in [2.05, 4.69) is 78.1 Å². The Balaban J connectivity index is 1.61. The van der Waals surface area contributed by atoms with Crippen LogP contribution in [-0.2, 0) is 0 Å². The van der Waals surface area contributed by atoms with E-state index in [1.807, 2.05) is 52.0 Å². The molecular formula is C30H31NO2. The van der Waals surface area contributed by atoms with E-state index in [1.165, 1.54) is 16.7 Å². The smallest absolute Gasteiger partial charge is 0.125 e. The van der Waals surface area contributed by atoms with Crippen LogP contribution in [0.15, 0.2) is 97.1 Å².